The maximum atomic E-state index is 12.9. The number of amides is 1. The predicted molar refractivity (Wildman–Crippen MR) is 134 cm³/mol. The number of carbonyl (C=O) groups excluding carboxylic acids is 2. The Balaban J connectivity index is 1.33. The summed E-state index contributed by atoms with van der Waals surface area (Å²) in [5.74, 6) is 0.000886. The number of ether oxygens (including phenoxy) is 1. The maximum Gasteiger partial charge on any atom is 0.306 e. The molecule has 0 saturated carbocycles. The number of hydrazone groups is 1. The summed E-state index contributed by atoms with van der Waals surface area (Å²) in [6.07, 6.45) is 5.01. The largest absolute Gasteiger partial charge is 0.466 e. The van der Waals surface area contributed by atoms with Crippen LogP contribution in [0.5, 0.6) is 0 Å². The van der Waals surface area contributed by atoms with E-state index in [0.717, 1.165) is 62.3 Å². The number of hydrogen-bond acceptors (Lipinski definition) is 6. The smallest absolute Gasteiger partial charge is 0.306 e. The summed E-state index contributed by atoms with van der Waals surface area (Å²) in [5.41, 5.74) is 4.80. The van der Waals surface area contributed by atoms with Crippen LogP contribution in [0.4, 0.5) is 5.69 Å². The Kier molecular flexibility index (Phi) is 7.95. The summed E-state index contributed by atoms with van der Waals surface area (Å²) in [6.45, 7) is 6.16. The lowest BCUT2D eigenvalue weighted by Crippen LogP contribution is -2.41. The van der Waals surface area contributed by atoms with Crippen molar-refractivity contribution in [3.05, 3.63) is 64.7 Å². The van der Waals surface area contributed by atoms with Gasteiger partial charge in [0.25, 0.3) is 5.91 Å². The minimum absolute atomic E-state index is 0.130. The summed E-state index contributed by atoms with van der Waals surface area (Å²) in [6, 6.07) is 13.6. The van der Waals surface area contributed by atoms with Crippen LogP contribution in [0.2, 0.25) is 0 Å². The van der Waals surface area contributed by atoms with Gasteiger partial charge in [-0.3, -0.25) is 14.6 Å². The van der Waals surface area contributed by atoms with Gasteiger partial charge in [0, 0.05) is 43.9 Å². The van der Waals surface area contributed by atoms with Gasteiger partial charge in [0.1, 0.15) is 0 Å². The molecule has 1 saturated heterocycles. The van der Waals surface area contributed by atoms with Gasteiger partial charge in [0.2, 0.25) is 0 Å². The maximum absolute atomic E-state index is 12.9. The summed E-state index contributed by atoms with van der Waals surface area (Å²) in [5, 5.41) is 9.64. The number of esters is 1. The van der Waals surface area contributed by atoms with Gasteiger partial charge in [-0.05, 0) is 80.1 Å². The zero-order chi connectivity index (χ0) is 23.9. The molecule has 4 rings (SSSR count). The topological polar surface area (TPSA) is 74.2 Å². The lowest BCUT2D eigenvalue weighted by molar-refractivity contribution is -0.144. The molecule has 1 unspecified atom stereocenters. The number of carbonyl (C=O) groups is 2. The highest BCUT2D eigenvalue weighted by Gasteiger charge is 2.22. The van der Waals surface area contributed by atoms with Crippen LogP contribution in [-0.2, 0) is 22.4 Å². The fourth-order valence-electron chi connectivity index (χ4n) is 4.52. The van der Waals surface area contributed by atoms with Gasteiger partial charge in [-0.15, -0.1) is 0 Å². The lowest BCUT2D eigenvalue weighted by Gasteiger charge is -2.30. The van der Waals surface area contributed by atoms with Crippen LogP contribution >= 0.6 is 0 Å². The van der Waals surface area contributed by atoms with Gasteiger partial charge in [-0.1, -0.05) is 18.2 Å². The molecule has 1 amide bonds. The second kappa shape index (κ2) is 11.3. The number of nitrogens with zero attached hydrogens (tertiary/aromatic N) is 3. The van der Waals surface area contributed by atoms with Crippen molar-refractivity contribution in [2.24, 2.45) is 11.0 Å². The first-order valence-electron chi connectivity index (χ1n) is 12.2. The second-order valence-electron chi connectivity index (χ2n) is 9.18. The van der Waals surface area contributed by atoms with E-state index in [9.17, 15) is 9.59 Å². The quantitative estimate of drug-likeness (QED) is 0.503. The van der Waals surface area contributed by atoms with E-state index in [4.69, 9.17) is 4.74 Å². The van der Waals surface area contributed by atoms with Crippen LogP contribution in [-0.4, -0.2) is 67.8 Å². The van der Waals surface area contributed by atoms with Crippen molar-refractivity contribution in [3.8, 4) is 0 Å². The predicted octanol–water partition coefficient (Wildman–Crippen LogP) is 3.58. The fourth-order valence-corrected chi connectivity index (χ4v) is 4.52. The minimum Gasteiger partial charge on any atom is -0.466 e. The van der Waals surface area contributed by atoms with Gasteiger partial charge in [0.05, 0.1) is 12.8 Å². The van der Waals surface area contributed by atoms with Gasteiger partial charge >= 0.3 is 5.97 Å². The molecule has 1 aliphatic carbocycles. The fraction of sp³-hybridized carbons (Fsp3) is 0.444. The number of likely N-dealkylation sites (N-methyl/N-ethyl adjacent to an activating group) is 1. The molecule has 1 fully saturated rings. The average Bonchev–Trinajstić information content (AvgIpc) is 2.84. The molecule has 1 atom stereocenters. The molecule has 7 nitrogen and oxygen atoms in total. The van der Waals surface area contributed by atoms with Crippen molar-refractivity contribution in [1.82, 2.24) is 9.91 Å². The first kappa shape index (κ1) is 24.0. The third kappa shape index (κ3) is 6.44. The standard InChI is InChI=1S/C27H34N4O3/c1-3-34-26(32)17-21-4-7-22-8-9-23(18-24(22)16-21)27(33)29-25-10-5-20(6-11-25)19-28-31-14-12-30(2)13-15-31/h5-6,8-11,18-19,21H,3-4,7,12-17H2,1-2H3,(H,29,33)/b28-19+. The molecule has 2 aromatic rings. The van der Waals surface area contributed by atoms with E-state index in [2.05, 4.69) is 27.4 Å². The Morgan fingerprint density at radius 2 is 1.85 bits per heavy atom. The number of fused-ring (bicyclic) bond motifs is 1. The second-order valence-corrected chi connectivity index (χ2v) is 9.18. The highest BCUT2D eigenvalue weighted by atomic mass is 16.5. The molecule has 2 aromatic carbocycles. The van der Waals surface area contributed by atoms with E-state index in [1.165, 1.54) is 5.56 Å². The number of benzene rings is 2. The van der Waals surface area contributed by atoms with Gasteiger partial charge < -0.3 is 15.0 Å². The van der Waals surface area contributed by atoms with Crippen molar-refractivity contribution in [2.45, 2.75) is 32.6 Å². The third-order valence-electron chi connectivity index (χ3n) is 6.58. The monoisotopic (exact) mass is 462 g/mol. The lowest BCUT2D eigenvalue weighted by atomic mass is 9.81. The molecule has 0 bridgehead atoms. The third-order valence-corrected chi connectivity index (χ3v) is 6.58. The van der Waals surface area contributed by atoms with Crippen molar-refractivity contribution >= 4 is 23.8 Å². The number of piperazine rings is 1. The first-order chi connectivity index (χ1) is 16.5. The zero-order valence-corrected chi connectivity index (χ0v) is 20.1. The number of aryl methyl sites for hydroxylation is 1. The van der Waals surface area contributed by atoms with E-state index in [1.54, 1.807) is 0 Å². The van der Waals surface area contributed by atoms with E-state index >= 15 is 0 Å². The molecular formula is C27H34N4O3. The van der Waals surface area contributed by atoms with Crippen LogP contribution in [0.1, 0.15) is 46.8 Å². The molecule has 34 heavy (non-hydrogen) atoms. The Bertz CT molecular complexity index is 1030. The number of anilines is 1. The van der Waals surface area contributed by atoms with Crippen molar-refractivity contribution in [2.75, 3.05) is 45.2 Å². The van der Waals surface area contributed by atoms with Gasteiger partial charge in [-0.25, -0.2) is 0 Å². The molecule has 7 heteroatoms. The van der Waals surface area contributed by atoms with Crippen LogP contribution < -0.4 is 5.32 Å². The summed E-state index contributed by atoms with van der Waals surface area (Å²) in [4.78, 5) is 27.0. The molecule has 0 spiro atoms. The highest BCUT2D eigenvalue weighted by molar-refractivity contribution is 6.04. The number of rotatable bonds is 7. The molecule has 1 heterocycles. The van der Waals surface area contributed by atoms with E-state index in [0.29, 0.717) is 18.6 Å². The molecule has 2 aliphatic rings. The summed E-state index contributed by atoms with van der Waals surface area (Å²) >= 11 is 0. The Morgan fingerprint density at radius 3 is 2.59 bits per heavy atom. The Labute approximate surface area is 201 Å². The Morgan fingerprint density at radius 1 is 1.09 bits per heavy atom. The highest BCUT2D eigenvalue weighted by Crippen LogP contribution is 2.29. The van der Waals surface area contributed by atoms with E-state index < -0.39 is 0 Å². The molecule has 180 valence electrons. The Hall–Kier alpha value is -3.19. The van der Waals surface area contributed by atoms with Crippen LogP contribution in [0, 0.1) is 5.92 Å². The molecule has 1 N–H and O–H groups in total. The minimum atomic E-state index is -0.137. The summed E-state index contributed by atoms with van der Waals surface area (Å²) in [7, 11) is 2.13. The molecule has 0 radical (unpaired) electrons. The number of hydrogen-bond donors (Lipinski definition) is 1. The molecule has 1 aliphatic heterocycles. The van der Waals surface area contributed by atoms with Crippen molar-refractivity contribution in [3.63, 3.8) is 0 Å². The SMILES string of the molecule is CCOC(=O)CC1CCc2ccc(C(=O)Nc3ccc(/C=N/N4CCN(C)CC4)cc3)cc2C1. The van der Waals surface area contributed by atoms with Gasteiger partial charge in [0.15, 0.2) is 0 Å². The van der Waals surface area contributed by atoms with Crippen molar-refractivity contribution in [1.29, 1.82) is 0 Å². The van der Waals surface area contributed by atoms with Crippen LogP contribution in [0.25, 0.3) is 0 Å². The normalized spacial score (nSPS) is 18.5. The van der Waals surface area contributed by atoms with Crippen LogP contribution in [0.15, 0.2) is 47.6 Å². The van der Waals surface area contributed by atoms with Crippen molar-refractivity contribution < 1.29 is 14.3 Å². The molecule has 0 aromatic heterocycles. The van der Waals surface area contributed by atoms with E-state index in [1.807, 2.05) is 55.6 Å². The van der Waals surface area contributed by atoms with Crippen LogP contribution in [0.3, 0.4) is 0 Å². The van der Waals surface area contributed by atoms with E-state index in [-0.39, 0.29) is 17.8 Å². The number of nitrogens with one attached hydrogen (secondary N) is 1. The zero-order valence-electron chi connectivity index (χ0n) is 20.1. The average molecular weight is 463 g/mol. The first-order valence-corrected chi connectivity index (χ1v) is 12.2. The summed E-state index contributed by atoms with van der Waals surface area (Å²) < 4.78 is 5.10. The molecular weight excluding hydrogens is 428 g/mol. The van der Waals surface area contributed by atoms with Gasteiger partial charge in [-0.2, -0.15) is 5.10 Å².